The third-order valence-electron chi connectivity index (χ3n) is 1.33. The van der Waals surface area contributed by atoms with Crippen LogP contribution in [0.15, 0.2) is 16.7 Å². The average Bonchev–Trinajstić information content (AvgIpc) is 2.08. The molecular formula is C7H8BrNO3. The first-order valence-electron chi connectivity index (χ1n) is 3.21. The van der Waals surface area contributed by atoms with Gasteiger partial charge in [-0.05, 0) is 28.1 Å². The fourth-order valence-corrected chi connectivity index (χ4v) is 1.06. The van der Waals surface area contributed by atoms with Crippen LogP contribution in [0.2, 0.25) is 0 Å². The molecule has 0 bridgehead atoms. The zero-order valence-corrected chi connectivity index (χ0v) is 7.95. The van der Waals surface area contributed by atoms with Crippen molar-refractivity contribution in [2.75, 3.05) is 7.11 Å². The molecule has 5 heteroatoms. The van der Waals surface area contributed by atoms with Gasteiger partial charge >= 0.3 is 0 Å². The Balaban J connectivity index is 3.04. The van der Waals surface area contributed by atoms with Crippen LogP contribution in [0, 0.1) is 0 Å². The highest BCUT2D eigenvalue weighted by Gasteiger charge is 2.12. The summed E-state index contributed by atoms with van der Waals surface area (Å²) in [7, 11) is 1.33. The van der Waals surface area contributed by atoms with Gasteiger partial charge in [0, 0.05) is 7.11 Å². The second-order valence-corrected chi connectivity index (χ2v) is 2.94. The number of pyridine rings is 1. The number of aliphatic hydroxyl groups excluding tert-OH is 1. The zero-order valence-electron chi connectivity index (χ0n) is 6.36. The molecule has 0 aliphatic heterocycles. The summed E-state index contributed by atoms with van der Waals surface area (Å²) in [6, 6.07) is 3.00. The van der Waals surface area contributed by atoms with E-state index in [-0.39, 0.29) is 11.4 Å². The highest BCUT2D eigenvalue weighted by atomic mass is 79.9. The number of aromatic nitrogens is 1. The molecule has 1 unspecified atom stereocenters. The SMILES string of the molecule is COC(O)c1nc(Br)ccc1O. The standard InChI is InChI=1S/C7H8BrNO3/c1-12-7(11)6-4(10)2-3-5(8)9-6/h2-3,7,10-11H,1H3. The van der Waals surface area contributed by atoms with Gasteiger partial charge in [-0.3, -0.25) is 0 Å². The number of rotatable bonds is 2. The lowest BCUT2D eigenvalue weighted by molar-refractivity contribution is -0.0811. The van der Waals surface area contributed by atoms with Crippen LogP contribution in [0.1, 0.15) is 12.0 Å². The van der Waals surface area contributed by atoms with Gasteiger partial charge in [0.25, 0.3) is 0 Å². The maximum atomic E-state index is 9.21. The summed E-state index contributed by atoms with van der Waals surface area (Å²) in [5.41, 5.74) is 0.104. The minimum Gasteiger partial charge on any atom is -0.506 e. The van der Waals surface area contributed by atoms with Crippen molar-refractivity contribution in [3.63, 3.8) is 0 Å². The molecule has 0 fully saturated rings. The van der Waals surface area contributed by atoms with Gasteiger partial charge in [0.05, 0.1) is 0 Å². The van der Waals surface area contributed by atoms with E-state index in [1.54, 1.807) is 6.07 Å². The van der Waals surface area contributed by atoms with E-state index in [9.17, 15) is 5.11 Å². The van der Waals surface area contributed by atoms with E-state index in [0.29, 0.717) is 4.60 Å². The Bertz CT molecular complexity index is 279. The molecule has 12 heavy (non-hydrogen) atoms. The summed E-state index contributed by atoms with van der Waals surface area (Å²) in [6.45, 7) is 0. The Morgan fingerprint density at radius 1 is 1.58 bits per heavy atom. The van der Waals surface area contributed by atoms with Crippen molar-refractivity contribution in [2.24, 2.45) is 0 Å². The molecule has 1 heterocycles. The van der Waals surface area contributed by atoms with Gasteiger partial charge in [-0.2, -0.15) is 0 Å². The van der Waals surface area contributed by atoms with Gasteiger partial charge in [-0.1, -0.05) is 0 Å². The number of hydrogen-bond acceptors (Lipinski definition) is 4. The van der Waals surface area contributed by atoms with Crippen molar-refractivity contribution in [1.82, 2.24) is 4.98 Å². The van der Waals surface area contributed by atoms with Gasteiger partial charge in [0.1, 0.15) is 16.0 Å². The van der Waals surface area contributed by atoms with Gasteiger partial charge in [0.2, 0.25) is 6.29 Å². The fraction of sp³-hybridized carbons (Fsp3) is 0.286. The van der Waals surface area contributed by atoms with E-state index >= 15 is 0 Å². The molecule has 66 valence electrons. The molecule has 4 nitrogen and oxygen atoms in total. The molecule has 0 saturated carbocycles. The molecule has 0 spiro atoms. The van der Waals surface area contributed by atoms with Crippen LogP contribution < -0.4 is 0 Å². The maximum absolute atomic E-state index is 9.21. The third-order valence-corrected chi connectivity index (χ3v) is 1.77. The van der Waals surface area contributed by atoms with E-state index in [1.807, 2.05) is 0 Å². The first-order chi connectivity index (χ1) is 5.65. The lowest BCUT2D eigenvalue weighted by atomic mass is 10.3. The number of hydrogen-bond donors (Lipinski definition) is 2. The van der Waals surface area contributed by atoms with E-state index in [4.69, 9.17) is 5.11 Å². The molecule has 0 aliphatic rings. The molecule has 0 saturated heterocycles. The number of halogens is 1. The highest BCUT2D eigenvalue weighted by Crippen LogP contribution is 2.23. The number of aliphatic hydroxyl groups is 1. The topological polar surface area (TPSA) is 62.6 Å². The summed E-state index contributed by atoms with van der Waals surface area (Å²) in [5.74, 6) is -0.0902. The van der Waals surface area contributed by atoms with E-state index in [0.717, 1.165) is 0 Å². The largest absolute Gasteiger partial charge is 0.506 e. The van der Waals surface area contributed by atoms with Gasteiger partial charge in [-0.15, -0.1) is 0 Å². The van der Waals surface area contributed by atoms with Crippen LogP contribution in [0.25, 0.3) is 0 Å². The van der Waals surface area contributed by atoms with Crippen molar-refractivity contribution in [3.8, 4) is 5.75 Å². The van der Waals surface area contributed by atoms with E-state index in [2.05, 4.69) is 25.7 Å². The molecule has 1 aromatic rings. The summed E-state index contributed by atoms with van der Waals surface area (Å²) in [4.78, 5) is 3.84. The molecule has 1 atom stereocenters. The Morgan fingerprint density at radius 3 is 2.83 bits per heavy atom. The smallest absolute Gasteiger partial charge is 0.202 e. The van der Waals surface area contributed by atoms with Crippen LogP contribution in [0.3, 0.4) is 0 Å². The molecule has 0 aromatic carbocycles. The Morgan fingerprint density at radius 2 is 2.25 bits per heavy atom. The zero-order chi connectivity index (χ0) is 9.14. The molecule has 0 amide bonds. The average molecular weight is 234 g/mol. The lowest BCUT2D eigenvalue weighted by Crippen LogP contribution is -2.02. The van der Waals surface area contributed by atoms with Crippen LogP contribution in [-0.2, 0) is 4.74 Å². The summed E-state index contributed by atoms with van der Waals surface area (Å²) < 4.78 is 5.12. The maximum Gasteiger partial charge on any atom is 0.202 e. The van der Waals surface area contributed by atoms with Gasteiger partial charge in [-0.25, -0.2) is 4.98 Å². The Hall–Kier alpha value is -0.650. The number of aromatic hydroxyl groups is 1. The van der Waals surface area contributed by atoms with Crippen LogP contribution >= 0.6 is 15.9 Å². The Kier molecular flexibility index (Phi) is 3.02. The van der Waals surface area contributed by atoms with Gasteiger partial charge in [0.15, 0.2) is 0 Å². The molecular weight excluding hydrogens is 226 g/mol. The highest BCUT2D eigenvalue weighted by molar-refractivity contribution is 9.10. The second-order valence-electron chi connectivity index (χ2n) is 2.13. The van der Waals surface area contributed by atoms with Gasteiger partial charge < -0.3 is 14.9 Å². The molecule has 1 rings (SSSR count). The fourth-order valence-electron chi connectivity index (χ4n) is 0.736. The summed E-state index contributed by atoms with van der Waals surface area (Å²) in [5, 5.41) is 18.4. The second kappa shape index (κ2) is 3.84. The number of ether oxygens (including phenoxy) is 1. The third kappa shape index (κ3) is 1.94. The minimum absolute atomic E-state index is 0.0902. The molecule has 1 aromatic heterocycles. The first-order valence-corrected chi connectivity index (χ1v) is 4.00. The monoisotopic (exact) mass is 233 g/mol. The normalized spacial score (nSPS) is 12.9. The summed E-state index contributed by atoms with van der Waals surface area (Å²) >= 11 is 3.10. The predicted molar refractivity (Wildman–Crippen MR) is 45.6 cm³/mol. The van der Waals surface area contributed by atoms with Crippen molar-refractivity contribution < 1.29 is 14.9 Å². The van der Waals surface area contributed by atoms with Crippen LogP contribution in [0.5, 0.6) is 5.75 Å². The quantitative estimate of drug-likeness (QED) is 0.595. The first kappa shape index (κ1) is 9.44. The number of nitrogens with zero attached hydrogens (tertiary/aromatic N) is 1. The molecule has 2 N–H and O–H groups in total. The molecule has 0 aliphatic carbocycles. The van der Waals surface area contributed by atoms with Crippen molar-refractivity contribution in [3.05, 3.63) is 22.4 Å². The minimum atomic E-state index is -1.19. The van der Waals surface area contributed by atoms with Crippen molar-refractivity contribution in [1.29, 1.82) is 0 Å². The van der Waals surface area contributed by atoms with E-state index in [1.165, 1.54) is 13.2 Å². The van der Waals surface area contributed by atoms with Crippen molar-refractivity contribution in [2.45, 2.75) is 6.29 Å². The van der Waals surface area contributed by atoms with Crippen LogP contribution in [0.4, 0.5) is 0 Å². The molecule has 0 radical (unpaired) electrons. The predicted octanol–water partition coefficient (Wildman–Crippen LogP) is 1.19. The summed E-state index contributed by atoms with van der Waals surface area (Å²) in [6.07, 6.45) is -1.19. The Labute approximate surface area is 78.0 Å². The number of methoxy groups -OCH3 is 1. The lowest BCUT2D eigenvalue weighted by Gasteiger charge is -2.09. The van der Waals surface area contributed by atoms with Crippen molar-refractivity contribution >= 4 is 15.9 Å². The van der Waals surface area contributed by atoms with Crippen LogP contribution in [-0.4, -0.2) is 22.3 Å². The van der Waals surface area contributed by atoms with E-state index < -0.39 is 6.29 Å².